The zero-order valence-corrected chi connectivity index (χ0v) is 92.2. The Balaban J connectivity index is 0.907. The third-order valence-electron chi connectivity index (χ3n) is 31.7. The molecule has 149 heavy (non-hydrogen) atoms. The van der Waals surface area contributed by atoms with E-state index in [0.29, 0.717) is 71.0 Å². The Labute approximate surface area is 890 Å². The van der Waals surface area contributed by atoms with Crippen LogP contribution in [0.2, 0.25) is 0 Å². The second kappa shape index (κ2) is 42.5. The number of fused-ring (bicyclic) bond motifs is 4. The van der Waals surface area contributed by atoms with Gasteiger partial charge in [0.15, 0.2) is 0 Å². The summed E-state index contributed by atoms with van der Waals surface area (Å²) in [6.07, 6.45) is 0. The van der Waals surface area contributed by atoms with Gasteiger partial charge in [-0.05, 0) is 317 Å². The van der Waals surface area contributed by atoms with Crippen molar-refractivity contribution in [3.05, 3.63) is 449 Å². The van der Waals surface area contributed by atoms with Gasteiger partial charge in [-0.3, -0.25) is 0 Å². The highest BCUT2D eigenvalue weighted by atomic mass is 15.2. The van der Waals surface area contributed by atoms with Gasteiger partial charge in [0, 0.05) is 79.1 Å². The molecule has 18 aromatic carbocycles. The first kappa shape index (κ1) is 101. The lowest BCUT2D eigenvalue weighted by molar-refractivity contribution is 0.807. The molecule has 2 aliphatic rings. The van der Waals surface area contributed by atoms with E-state index < -0.39 is 0 Å². The normalized spacial score (nSPS) is 12.4. The van der Waals surface area contributed by atoms with Gasteiger partial charge in [-0.15, -0.1) is 0 Å². The Morgan fingerprint density at radius 3 is 0.584 bits per heavy atom. The molecule has 0 aliphatic carbocycles. The maximum atomic E-state index is 2.73. The molecule has 18 aromatic rings. The second-order valence-corrected chi connectivity index (χ2v) is 45.8. The number of hydrogen-bond acceptors (Lipinski definition) is 4. The van der Waals surface area contributed by atoms with Crippen molar-refractivity contribution < 1.29 is 0 Å². The topological polar surface area (TPSA) is 13.0 Å². The lowest BCUT2D eigenvalue weighted by Gasteiger charge is -2.46. The smallest absolute Gasteiger partial charge is 0.252 e. The molecule has 0 bridgehead atoms. The highest BCUT2D eigenvalue weighted by molar-refractivity contribution is 7.00. The van der Waals surface area contributed by atoms with Crippen LogP contribution in [0.15, 0.2) is 382 Å². The number of benzene rings is 18. The van der Waals surface area contributed by atoms with Crippen LogP contribution in [0.1, 0.15) is 304 Å². The fraction of sp³-hybridized carbons (Fsp3) is 0.250. The zero-order chi connectivity index (χ0) is 104. The van der Waals surface area contributed by atoms with Gasteiger partial charge in [-0.25, -0.2) is 0 Å². The van der Waals surface area contributed by atoms with Crippen molar-refractivity contribution in [2.45, 2.75) is 237 Å². The minimum atomic E-state index is -0.364. The molecule has 0 radical (unpaired) electrons. The molecule has 0 aromatic heterocycles. The van der Waals surface area contributed by atoms with Crippen LogP contribution in [0.25, 0.3) is 100 Å². The molecule has 0 fully saturated rings. The Morgan fingerprint density at radius 2 is 0.376 bits per heavy atom. The summed E-state index contributed by atoms with van der Waals surface area (Å²) >= 11 is 0. The Morgan fingerprint density at radius 1 is 0.168 bits per heavy atom. The summed E-state index contributed by atoms with van der Waals surface area (Å²) in [6, 6.07) is 149. The van der Waals surface area contributed by atoms with Crippen molar-refractivity contribution in [3.63, 3.8) is 0 Å². The number of nitrogens with zero attached hydrogens (tertiary/aromatic N) is 4. The molecule has 0 unspecified atom stereocenters. The fourth-order valence-electron chi connectivity index (χ4n) is 23.7. The lowest BCUT2D eigenvalue weighted by Crippen LogP contribution is -2.61. The second-order valence-electron chi connectivity index (χ2n) is 45.8. The summed E-state index contributed by atoms with van der Waals surface area (Å²) in [5, 5.41) is 0. The predicted octanol–water partition coefficient (Wildman–Crippen LogP) is 41.2. The van der Waals surface area contributed by atoms with Crippen LogP contribution < -0.4 is 36.0 Å². The Kier molecular flexibility index (Phi) is 28.9. The van der Waals surface area contributed by atoms with Crippen molar-refractivity contribution in [2.75, 3.05) is 19.6 Å². The summed E-state index contributed by atoms with van der Waals surface area (Å²) < 4.78 is 0. The van der Waals surface area contributed by atoms with Crippen molar-refractivity contribution in [3.8, 4) is 100 Å². The molecule has 0 N–H and O–H groups in total. The van der Waals surface area contributed by atoms with Crippen LogP contribution in [0.4, 0.5) is 68.2 Å². The van der Waals surface area contributed by atoms with E-state index in [1.165, 1.54) is 128 Å². The molecule has 746 valence electrons. The van der Waals surface area contributed by atoms with Crippen molar-refractivity contribution >= 4 is 91.3 Å². The van der Waals surface area contributed by atoms with E-state index in [2.05, 4.69) is 568 Å². The summed E-state index contributed by atoms with van der Waals surface area (Å²) in [7, 11) is 0. The van der Waals surface area contributed by atoms with Crippen LogP contribution in [-0.2, 0) is 0 Å². The zero-order valence-electron chi connectivity index (χ0n) is 92.2. The molecule has 20 rings (SSSR count). The molecule has 0 spiro atoms. The van der Waals surface area contributed by atoms with Gasteiger partial charge in [0.25, 0.3) is 6.71 Å². The molecule has 0 saturated heterocycles. The largest absolute Gasteiger partial charge is 0.310 e. The first-order chi connectivity index (χ1) is 71.9. The quantitative estimate of drug-likeness (QED) is 0.0433. The van der Waals surface area contributed by atoms with Gasteiger partial charge < -0.3 is 19.6 Å². The first-order valence-corrected chi connectivity index (χ1v) is 55.2. The fourth-order valence-corrected chi connectivity index (χ4v) is 23.7. The minimum absolute atomic E-state index is 0.300. The van der Waals surface area contributed by atoms with Gasteiger partial charge in [0.2, 0.25) is 0 Å². The monoisotopic (exact) mass is 1940 g/mol. The summed E-state index contributed by atoms with van der Waals surface area (Å²) in [5.74, 6) is 3.95. The van der Waals surface area contributed by atoms with Crippen LogP contribution in [0.3, 0.4) is 0 Å². The van der Waals surface area contributed by atoms with E-state index in [0.717, 1.165) is 124 Å². The van der Waals surface area contributed by atoms with E-state index in [1.807, 2.05) is 0 Å². The first-order valence-electron chi connectivity index (χ1n) is 55.2. The van der Waals surface area contributed by atoms with Gasteiger partial charge in [0.1, 0.15) is 0 Å². The van der Waals surface area contributed by atoms with Gasteiger partial charge >= 0.3 is 0 Å². The molecule has 5 heteroatoms. The number of para-hydroxylation sites is 2. The van der Waals surface area contributed by atoms with E-state index >= 15 is 0 Å². The summed E-state index contributed by atoms with van der Waals surface area (Å²) in [4.78, 5) is 10.6. The van der Waals surface area contributed by atoms with Gasteiger partial charge in [-0.2, -0.15) is 0 Å². The van der Waals surface area contributed by atoms with Crippen LogP contribution >= 0.6 is 0 Å². The molecule has 2 aliphatic heterocycles. The van der Waals surface area contributed by atoms with Gasteiger partial charge in [-0.1, -0.05) is 463 Å². The average Bonchev–Trinajstić information content (AvgIpc) is 0.684. The Hall–Kier alpha value is -14.8. The van der Waals surface area contributed by atoms with Crippen molar-refractivity contribution in [1.82, 2.24) is 0 Å². The third-order valence-corrected chi connectivity index (χ3v) is 31.7. The molecular formula is C144H147BN4. The van der Waals surface area contributed by atoms with Crippen LogP contribution in [0.5, 0.6) is 0 Å². The predicted molar refractivity (Wildman–Crippen MR) is 648 cm³/mol. The highest BCUT2D eigenvalue weighted by Crippen LogP contribution is 2.58. The molecule has 0 amide bonds. The highest BCUT2D eigenvalue weighted by Gasteiger charge is 2.47. The number of anilines is 12. The van der Waals surface area contributed by atoms with Crippen LogP contribution in [-0.4, -0.2) is 6.71 Å². The molecule has 0 saturated carbocycles. The van der Waals surface area contributed by atoms with E-state index in [4.69, 9.17) is 0 Å². The van der Waals surface area contributed by atoms with E-state index in [1.54, 1.807) is 0 Å². The minimum Gasteiger partial charge on any atom is -0.310 e. The third kappa shape index (κ3) is 19.5. The molecule has 0 atom stereocenters. The number of rotatable bonds is 29. The number of hydrogen-bond donors (Lipinski definition) is 0. The van der Waals surface area contributed by atoms with Gasteiger partial charge in [0.05, 0.1) is 11.4 Å². The average molecular weight is 1940 g/mol. The van der Waals surface area contributed by atoms with Crippen molar-refractivity contribution in [2.24, 2.45) is 0 Å². The molecule has 2 heterocycles. The maximum absolute atomic E-state index is 2.73. The standard InChI is InChI=1S/C144H147BN4/c1-88(2)109-76-124(92(9)10)138(125(77-109)93(11)12)105-56-64-114(65-57-105)146(115-66-58-106(59-67-115)139-126(94(13)14)78-110(89(3)4)79-127(139)95(15)16)118-72-74-132-134(86-118)148(143-120(101-44-32-26-33-45-101)52-40-53-121(143)102-46-34-27-35-47-102)136-84-113(100-42-30-25-31-43-100)85-137-142(136)145(132)133-75-73-119(87-135(133)149(137)144-122(103-48-36-28-37-49-103)54-41-55-123(144)104-50-38-29-39-51-104)147(116-68-60-107(61-69-116)140-128(96(17)18)80-111(90(5)6)81-129(140)97(19)20)117-70-62-108(63-71-117)141-130(98(21)22)82-112(91(7)8)83-131(141)99(23)24/h25-99H,1-24H3. The van der Waals surface area contributed by atoms with Crippen LogP contribution in [0, 0.1) is 0 Å². The summed E-state index contributed by atoms with van der Waals surface area (Å²) in [5.41, 5.74) is 54.5. The van der Waals surface area contributed by atoms with Crippen molar-refractivity contribution in [1.29, 1.82) is 0 Å². The van der Waals surface area contributed by atoms with E-state index in [9.17, 15) is 0 Å². The Bertz CT molecular complexity index is 6980. The lowest BCUT2D eigenvalue weighted by atomic mass is 9.33. The SMILES string of the molecule is CC(C)c1cc(C(C)C)c(-c2ccc(N(c3ccc(-c4c(C(C)C)cc(C(C)C)cc4C(C)C)cc3)c3ccc4c(c3)N(c3c(-c5ccccc5)cccc3-c3ccccc3)c3cc(-c5ccccc5)cc5c3B4c3ccc(N(c4ccc(-c6c(C(C)C)cc(C(C)C)cc6C(C)C)cc4)c4ccc(-c6c(C(C)C)cc(C(C)C)cc6C(C)C)cc4)cc3N5c3c(-c4ccccc4)cccc3-c3ccccc3)cc2)c(C(C)C)c1. The van der Waals surface area contributed by atoms with E-state index in [-0.39, 0.29) is 6.71 Å². The summed E-state index contributed by atoms with van der Waals surface area (Å²) in [6.45, 7) is 56.3. The molecule has 4 nitrogen and oxygen atoms in total. The molecular weight excluding hydrogens is 1800 g/mol. The maximum Gasteiger partial charge on any atom is 0.252 e.